The van der Waals surface area contributed by atoms with Gasteiger partial charge in [0, 0.05) is 35.1 Å². The molecule has 168 valence electrons. The summed E-state index contributed by atoms with van der Waals surface area (Å²) in [6.45, 7) is 7.46. The van der Waals surface area contributed by atoms with Crippen LogP contribution in [0, 0.1) is 5.82 Å². The number of nitrogens with zero attached hydrogens (tertiary/aromatic N) is 1. The predicted octanol–water partition coefficient (Wildman–Crippen LogP) is 5.93. The minimum Gasteiger partial charge on any atom is -0.466 e. The lowest BCUT2D eigenvalue weighted by Crippen LogP contribution is -2.19. The molecule has 6 heteroatoms. The molecule has 0 spiro atoms. The molecular formula is C26H28FNO4. The van der Waals surface area contributed by atoms with Crippen molar-refractivity contribution in [2.24, 2.45) is 0 Å². The number of hydrogen-bond acceptors (Lipinski definition) is 4. The first-order chi connectivity index (χ1) is 15.3. The van der Waals surface area contributed by atoms with Crippen LogP contribution in [0.4, 0.5) is 4.39 Å². The van der Waals surface area contributed by atoms with Crippen LogP contribution in [-0.2, 0) is 19.1 Å². The van der Waals surface area contributed by atoms with Gasteiger partial charge in [-0.25, -0.2) is 4.39 Å². The molecule has 1 atom stereocenters. The van der Waals surface area contributed by atoms with Gasteiger partial charge in [-0.3, -0.25) is 9.59 Å². The summed E-state index contributed by atoms with van der Waals surface area (Å²) in [5, 5.41) is 1.03. The standard InChI is InChI=1S/C26H28FNO4/c1-5-31-25(30)16-21(32-18(4)29)14-15-24-26(19-10-12-20(27)13-11-19)22-8-6-7-9-23(22)28(24)17(2)3/h6-15,17,21H,5,16H2,1-4H3. The molecule has 2 aromatic carbocycles. The Morgan fingerprint density at radius 1 is 1.09 bits per heavy atom. The summed E-state index contributed by atoms with van der Waals surface area (Å²) in [7, 11) is 0. The van der Waals surface area contributed by atoms with Crippen molar-refractivity contribution in [2.45, 2.75) is 46.3 Å². The minimum absolute atomic E-state index is 0.0717. The van der Waals surface area contributed by atoms with Crippen molar-refractivity contribution in [3.8, 4) is 11.1 Å². The molecule has 3 aromatic rings. The predicted molar refractivity (Wildman–Crippen MR) is 124 cm³/mol. The van der Waals surface area contributed by atoms with Gasteiger partial charge >= 0.3 is 11.9 Å². The molecule has 0 fully saturated rings. The summed E-state index contributed by atoms with van der Waals surface area (Å²) in [6, 6.07) is 14.5. The van der Waals surface area contributed by atoms with Crippen LogP contribution in [0.5, 0.6) is 0 Å². The normalized spacial score (nSPS) is 12.4. The van der Waals surface area contributed by atoms with Crippen molar-refractivity contribution in [1.29, 1.82) is 0 Å². The zero-order valence-electron chi connectivity index (χ0n) is 18.8. The Morgan fingerprint density at radius 3 is 2.41 bits per heavy atom. The smallest absolute Gasteiger partial charge is 0.309 e. The summed E-state index contributed by atoms with van der Waals surface area (Å²) in [5.41, 5.74) is 3.74. The summed E-state index contributed by atoms with van der Waals surface area (Å²) < 4.78 is 26.1. The van der Waals surface area contributed by atoms with Crippen molar-refractivity contribution in [3.05, 3.63) is 66.1 Å². The molecule has 0 aliphatic rings. The third-order valence-electron chi connectivity index (χ3n) is 5.06. The van der Waals surface area contributed by atoms with Crippen LogP contribution in [0.2, 0.25) is 0 Å². The first-order valence-corrected chi connectivity index (χ1v) is 10.7. The summed E-state index contributed by atoms with van der Waals surface area (Å²) in [5.74, 6) is -1.22. The van der Waals surface area contributed by atoms with Gasteiger partial charge in [0.15, 0.2) is 0 Å². The number of carbonyl (C=O) groups is 2. The Labute approximate surface area is 187 Å². The minimum atomic E-state index is -0.758. The topological polar surface area (TPSA) is 57.5 Å². The fourth-order valence-electron chi connectivity index (χ4n) is 3.87. The Hall–Kier alpha value is -3.41. The first kappa shape index (κ1) is 23.3. The molecule has 1 heterocycles. The average molecular weight is 438 g/mol. The molecule has 0 saturated carbocycles. The van der Waals surface area contributed by atoms with E-state index >= 15 is 0 Å². The lowest BCUT2D eigenvalue weighted by Gasteiger charge is -2.15. The molecule has 3 rings (SSSR count). The van der Waals surface area contributed by atoms with Crippen LogP contribution >= 0.6 is 0 Å². The molecule has 5 nitrogen and oxygen atoms in total. The number of fused-ring (bicyclic) bond motifs is 1. The highest BCUT2D eigenvalue weighted by atomic mass is 19.1. The van der Waals surface area contributed by atoms with Crippen molar-refractivity contribution >= 4 is 28.9 Å². The van der Waals surface area contributed by atoms with E-state index in [9.17, 15) is 14.0 Å². The lowest BCUT2D eigenvalue weighted by atomic mass is 10.0. The quantitative estimate of drug-likeness (QED) is 0.410. The second-order valence-electron chi connectivity index (χ2n) is 7.76. The fourth-order valence-corrected chi connectivity index (χ4v) is 3.87. The number of halogens is 1. The van der Waals surface area contributed by atoms with Gasteiger partial charge in [0.2, 0.25) is 0 Å². The van der Waals surface area contributed by atoms with Crippen LogP contribution in [0.3, 0.4) is 0 Å². The molecule has 0 saturated heterocycles. The van der Waals surface area contributed by atoms with E-state index in [4.69, 9.17) is 9.47 Å². The van der Waals surface area contributed by atoms with Crippen molar-refractivity contribution in [3.63, 3.8) is 0 Å². The van der Waals surface area contributed by atoms with Gasteiger partial charge in [-0.05, 0) is 56.7 Å². The molecule has 0 aliphatic carbocycles. The van der Waals surface area contributed by atoms with Crippen LogP contribution in [-0.4, -0.2) is 29.2 Å². The number of aromatic nitrogens is 1. The summed E-state index contributed by atoms with van der Waals surface area (Å²) in [6.07, 6.45) is 2.74. The Morgan fingerprint density at radius 2 is 1.78 bits per heavy atom. The summed E-state index contributed by atoms with van der Waals surface area (Å²) >= 11 is 0. The van der Waals surface area contributed by atoms with Crippen molar-refractivity contribution < 1.29 is 23.5 Å². The number of rotatable bonds is 8. The number of hydrogen-bond donors (Lipinski definition) is 0. The van der Waals surface area contributed by atoms with Crippen LogP contribution in [0.25, 0.3) is 28.1 Å². The Bertz CT molecular complexity index is 1130. The maximum absolute atomic E-state index is 13.6. The molecule has 32 heavy (non-hydrogen) atoms. The zero-order chi connectivity index (χ0) is 23.3. The van der Waals surface area contributed by atoms with Gasteiger partial charge in [0.1, 0.15) is 11.9 Å². The maximum Gasteiger partial charge on any atom is 0.309 e. The first-order valence-electron chi connectivity index (χ1n) is 10.7. The molecule has 1 aromatic heterocycles. The van der Waals surface area contributed by atoms with E-state index in [0.29, 0.717) is 0 Å². The highest BCUT2D eigenvalue weighted by Crippen LogP contribution is 2.38. The van der Waals surface area contributed by atoms with Gasteiger partial charge in [-0.15, -0.1) is 0 Å². The number of benzene rings is 2. The Balaban J connectivity index is 2.15. The van der Waals surface area contributed by atoms with Crippen LogP contribution in [0.1, 0.15) is 45.9 Å². The largest absolute Gasteiger partial charge is 0.466 e. The van der Waals surface area contributed by atoms with E-state index in [2.05, 4.69) is 18.4 Å². The van der Waals surface area contributed by atoms with Gasteiger partial charge in [-0.2, -0.15) is 0 Å². The van der Waals surface area contributed by atoms with E-state index in [-0.39, 0.29) is 24.9 Å². The van der Waals surface area contributed by atoms with Gasteiger partial charge < -0.3 is 14.0 Å². The molecular weight excluding hydrogens is 409 g/mol. The second kappa shape index (κ2) is 10.3. The number of ether oxygens (including phenoxy) is 2. The number of esters is 2. The van der Waals surface area contributed by atoms with Crippen LogP contribution < -0.4 is 0 Å². The van der Waals surface area contributed by atoms with E-state index in [0.717, 1.165) is 27.7 Å². The van der Waals surface area contributed by atoms with Crippen molar-refractivity contribution in [2.75, 3.05) is 6.61 Å². The molecule has 0 radical (unpaired) electrons. The third-order valence-corrected chi connectivity index (χ3v) is 5.06. The van der Waals surface area contributed by atoms with E-state index in [1.54, 1.807) is 25.1 Å². The third kappa shape index (κ3) is 5.25. The van der Waals surface area contributed by atoms with Crippen LogP contribution in [0.15, 0.2) is 54.6 Å². The second-order valence-corrected chi connectivity index (χ2v) is 7.76. The Kier molecular flexibility index (Phi) is 7.46. The van der Waals surface area contributed by atoms with Gasteiger partial charge in [0.25, 0.3) is 0 Å². The SMILES string of the molecule is CCOC(=O)CC(C=Cc1c(-c2ccc(F)cc2)c2ccccc2n1C(C)C)OC(C)=O. The average Bonchev–Trinajstić information content (AvgIpc) is 3.06. The van der Waals surface area contributed by atoms with E-state index in [1.165, 1.54) is 19.1 Å². The number of carbonyl (C=O) groups excluding carboxylic acids is 2. The van der Waals surface area contributed by atoms with Gasteiger partial charge in [0.05, 0.1) is 13.0 Å². The lowest BCUT2D eigenvalue weighted by molar-refractivity contribution is -0.150. The monoisotopic (exact) mass is 437 g/mol. The highest BCUT2D eigenvalue weighted by Gasteiger charge is 2.20. The van der Waals surface area contributed by atoms with Gasteiger partial charge in [-0.1, -0.05) is 30.3 Å². The van der Waals surface area contributed by atoms with E-state index in [1.807, 2.05) is 30.3 Å². The van der Waals surface area contributed by atoms with E-state index < -0.39 is 18.0 Å². The molecule has 0 aliphatic heterocycles. The summed E-state index contributed by atoms with van der Waals surface area (Å²) in [4.78, 5) is 23.6. The van der Waals surface area contributed by atoms with Crippen molar-refractivity contribution in [1.82, 2.24) is 4.57 Å². The molecule has 1 unspecified atom stereocenters. The maximum atomic E-state index is 13.6. The highest BCUT2D eigenvalue weighted by molar-refractivity contribution is 6.01. The zero-order valence-corrected chi connectivity index (χ0v) is 18.8. The molecule has 0 bridgehead atoms. The molecule has 0 amide bonds. The number of para-hydroxylation sites is 1. The molecule has 0 N–H and O–H groups in total. The fraction of sp³-hybridized carbons (Fsp3) is 0.308.